The highest BCUT2D eigenvalue weighted by Gasteiger charge is 2.59. The maximum absolute atomic E-state index is 14.1. The Morgan fingerprint density at radius 1 is 1.18 bits per heavy atom. The Morgan fingerprint density at radius 2 is 1.93 bits per heavy atom. The van der Waals surface area contributed by atoms with Gasteiger partial charge in [-0.3, -0.25) is 9.59 Å². The third kappa shape index (κ3) is 5.09. The number of carbonyl (C=O) groups excluding carboxylic acids is 3. The molecule has 0 bridgehead atoms. The number of hydrogen-bond donors (Lipinski definition) is 2. The van der Waals surface area contributed by atoms with Crippen LogP contribution in [0, 0.1) is 23.6 Å². The number of phenols is 1. The van der Waals surface area contributed by atoms with Gasteiger partial charge in [-0.2, -0.15) is 4.90 Å². The van der Waals surface area contributed by atoms with E-state index in [2.05, 4.69) is 0 Å². The van der Waals surface area contributed by atoms with Gasteiger partial charge < -0.3 is 19.5 Å². The van der Waals surface area contributed by atoms with Gasteiger partial charge in [0.25, 0.3) is 0 Å². The number of fused-ring (bicyclic) bond motifs is 3. The summed E-state index contributed by atoms with van der Waals surface area (Å²) in [5.41, 5.74) is 4.35. The maximum Gasteiger partial charge on any atom is 0.455 e. The van der Waals surface area contributed by atoms with E-state index in [1.807, 2.05) is 43.3 Å². The Bertz CT molecular complexity index is 1390. The van der Waals surface area contributed by atoms with Gasteiger partial charge in [-0.1, -0.05) is 55.0 Å². The second kappa shape index (κ2) is 11.4. The van der Waals surface area contributed by atoms with Gasteiger partial charge in [0.1, 0.15) is 0 Å². The molecule has 0 aromatic heterocycles. The molecule has 2 aliphatic heterocycles. The molecule has 10 heteroatoms. The fourth-order valence-corrected chi connectivity index (χ4v) is 6.43. The van der Waals surface area contributed by atoms with Crippen LogP contribution in [0.3, 0.4) is 0 Å². The molecule has 2 heterocycles. The second-order valence-electron chi connectivity index (χ2n) is 10.4. The summed E-state index contributed by atoms with van der Waals surface area (Å²) < 4.78 is 24.8. The average molecular weight is 547 g/mol. The number of halogens is 1. The summed E-state index contributed by atoms with van der Waals surface area (Å²) >= 11 is 0. The minimum atomic E-state index is -1.14. The molecule has 208 valence electrons. The molecule has 4 atom stereocenters. The number of aromatic hydroxyl groups is 1. The van der Waals surface area contributed by atoms with E-state index in [0.717, 1.165) is 29.4 Å². The van der Waals surface area contributed by atoms with E-state index in [1.54, 1.807) is 6.07 Å². The van der Waals surface area contributed by atoms with Crippen LogP contribution < -0.4 is 0 Å². The first kappa shape index (κ1) is 27.8. The van der Waals surface area contributed by atoms with Crippen molar-refractivity contribution in [2.75, 3.05) is 7.11 Å². The number of benzene rings is 2. The summed E-state index contributed by atoms with van der Waals surface area (Å²) in [5.74, 6) is -4.16. The van der Waals surface area contributed by atoms with Crippen LogP contribution in [0.25, 0.3) is 11.6 Å². The van der Waals surface area contributed by atoms with Gasteiger partial charge in [0.05, 0.1) is 25.0 Å². The van der Waals surface area contributed by atoms with Crippen molar-refractivity contribution in [3.8, 4) is 5.75 Å². The highest BCUT2D eigenvalue weighted by Crippen LogP contribution is 2.51. The van der Waals surface area contributed by atoms with E-state index < -0.39 is 60.5 Å². The fraction of sp³-hybridized carbons (Fsp3) is 0.367. The lowest BCUT2D eigenvalue weighted by Gasteiger charge is -2.43. The van der Waals surface area contributed by atoms with E-state index in [4.69, 9.17) is 9.39 Å². The van der Waals surface area contributed by atoms with Crippen molar-refractivity contribution in [1.29, 1.82) is 0 Å². The minimum absolute atomic E-state index is 0.151. The van der Waals surface area contributed by atoms with E-state index in [0.29, 0.717) is 36.1 Å². The van der Waals surface area contributed by atoms with Crippen molar-refractivity contribution < 1.29 is 38.3 Å². The van der Waals surface area contributed by atoms with Crippen molar-refractivity contribution in [2.45, 2.75) is 45.0 Å². The lowest BCUT2D eigenvalue weighted by atomic mass is 9.58. The molecular weight excluding hydrogens is 516 g/mol. The van der Waals surface area contributed by atoms with E-state index >= 15 is 0 Å². The van der Waals surface area contributed by atoms with E-state index in [9.17, 15) is 28.9 Å². The third-order valence-electron chi connectivity index (χ3n) is 8.22. The van der Waals surface area contributed by atoms with Crippen LogP contribution in [-0.4, -0.2) is 53.3 Å². The predicted octanol–water partition coefficient (Wildman–Crippen LogP) is 4.83. The molecule has 2 aromatic carbocycles. The molecule has 3 amide bonds. The van der Waals surface area contributed by atoms with Crippen LogP contribution in [0.2, 0.25) is 6.32 Å². The molecule has 0 radical (unpaired) electrons. The van der Waals surface area contributed by atoms with E-state index in [1.165, 1.54) is 12.1 Å². The van der Waals surface area contributed by atoms with Gasteiger partial charge in [0.15, 0.2) is 11.6 Å². The molecule has 2 aromatic rings. The second-order valence-corrected chi connectivity index (χ2v) is 10.4. The number of phenolic OH excluding ortho intramolecular Hbond substituents is 1. The normalized spacial score (nSPS) is 24.8. The van der Waals surface area contributed by atoms with Crippen LogP contribution in [-0.2, 0) is 19.0 Å². The number of methoxy groups -OCH3 is 1. The van der Waals surface area contributed by atoms with Gasteiger partial charge in [-0.25, -0.2) is 9.18 Å². The molecule has 2 N–H and O–H groups in total. The maximum atomic E-state index is 14.1. The summed E-state index contributed by atoms with van der Waals surface area (Å²) in [4.78, 5) is 39.3. The molecule has 0 spiro atoms. The van der Waals surface area contributed by atoms with Gasteiger partial charge in [0, 0.05) is 0 Å². The van der Waals surface area contributed by atoms with Crippen molar-refractivity contribution in [2.24, 2.45) is 17.8 Å². The highest BCUT2D eigenvalue weighted by atomic mass is 19.1. The van der Waals surface area contributed by atoms with Crippen LogP contribution in [0.15, 0.2) is 59.7 Å². The molecular formula is C30H31BFNO7. The van der Waals surface area contributed by atoms with Crippen molar-refractivity contribution in [3.63, 3.8) is 0 Å². The first-order chi connectivity index (χ1) is 19.2. The molecule has 8 nitrogen and oxygen atoms in total. The van der Waals surface area contributed by atoms with Gasteiger partial charge in [-0.05, 0) is 72.3 Å². The number of rotatable bonds is 6. The zero-order chi connectivity index (χ0) is 28.6. The van der Waals surface area contributed by atoms with Crippen molar-refractivity contribution in [3.05, 3.63) is 76.6 Å². The third-order valence-corrected chi connectivity index (χ3v) is 8.22. The summed E-state index contributed by atoms with van der Waals surface area (Å²) in [6.07, 6.45) is 2.46. The SMILES string of the molecule is CCC1=C2[C@@H](CC/C(=C/c3ccc(O)c(F)c3)c3ccccc3)OB(O)C[C@@H]2[C@@H]2C(=O)N(C(=O)OC)C(=O)[C@@H]2C1. The van der Waals surface area contributed by atoms with Gasteiger partial charge >= 0.3 is 13.2 Å². The molecule has 2 saturated heterocycles. The van der Waals surface area contributed by atoms with Crippen LogP contribution in [0.4, 0.5) is 9.18 Å². The Morgan fingerprint density at radius 3 is 2.60 bits per heavy atom. The zero-order valence-corrected chi connectivity index (χ0v) is 22.4. The standard InChI is InChI=1S/C30H31BFNO7/c1-3-18-15-21-27(29(36)33(28(21)35)30(37)39-2)22-16-31(38)40-25(26(18)22)12-10-20(19-7-5-4-6-8-19)13-17-9-11-24(34)23(32)14-17/h4-9,11,13-14,21-22,25,27,34,38H,3,10,12,15-16H2,1-2H3/b20-13-/t21-,22+,25-,27-/m1/s1. The van der Waals surface area contributed by atoms with E-state index in [-0.39, 0.29) is 6.32 Å². The topological polar surface area (TPSA) is 113 Å². The highest BCUT2D eigenvalue weighted by molar-refractivity contribution is 6.43. The Balaban J connectivity index is 1.47. The zero-order valence-electron chi connectivity index (χ0n) is 22.4. The number of ether oxygens (including phenoxy) is 1. The Kier molecular flexibility index (Phi) is 7.91. The average Bonchev–Trinajstić information content (AvgIpc) is 3.21. The first-order valence-electron chi connectivity index (χ1n) is 13.5. The number of likely N-dealkylation sites (tertiary alicyclic amines) is 1. The smallest absolute Gasteiger partial charge is 0.455 e. The summed E-state index contributed by atoms with van der Waals surface area (Å²) in [6.45, 7) is 1.98. The lowest BCUT2D eigenvalue weighted by molar-refractivity contribution is -0.137. The number of amides is 3. The van der Waals surface area contributed by atoms with Gasteiger partial charge in [-0.15, -0.1) is 0 Å². The summed E-state index contributed by atoms with van der Waals surface area (Å²) in [6, 6.07) is 13.8. The van der Waals surface area contributed by atoms with Crippen LogP contribution >= 0.6 is 0 Å². The number of imide groups is 3. The van der Waals surface area contributed by atoms with Crippen LogP contribution in [0.1, 0.15) is 43.7 Å². The molecule has 3 aliphatic rings. The number of carbonyl (C=O) groups is 3. The Labute approximate surface area is 232 Å². The number of hydrogen-bond acceptors (Lipinski definition) is 7. The first-order valence-corrected chi connectivity index (χ1v) is 13.5. The Hall–Kier alpha value is -3.76. The van der Waals surface area contributed by atoms with Crippen LogP contribution in [0.5, 0.6) is 5.75 Å². The minimum Gasteiger partial charge on any atom is -0.505 e. The molecule has 40 heavy (non-hydrogen) atoms. The van der Waals surface area contributed by atoms with Gasteiger partial charge in [0.2, 0.25) is 11.8 Å². The summed E-state index contributed by atoms with van der Waals surface area (Å²) in [7, 11) is -0.00833. The number of allylic oxidation sites excluding steroid dienone is 2. The lowest BCUT2D eigenvalue weighted by Crippen LogP contribution is -2.46. The summed E-state index contributed by atoms with van der Waals surface area (Å²) in [5, 5.41) is 20.3. The monoisotopic (exact) mass is 547 g/mol. The quantitative estimate of drug-likeness (QED) is 0.231. The predicted molar refractivity (Wildman–Crippen MR) is 146 cm³/mol. The molecule has 0 saturated carbocycles. The molecule has 0 unspecified atom stereocenters. The molecule has 2 fully saturated rings. The molecule has 5 rings (SSSR count). The molecule has 1 aliphatic carbocycles. The number of nitrogens with zero attached hydrogens (tertiary/aromatic N) is 1. The van der Waals surface area contributed by atoms with Crippen molar-refractivity contribution in [1.82, 2.24) is 4.90 Å². The fourth-order valence-electron chi connectivity index (χ4n) is 6.43. The van der Waals surface area contributed by atoms with Crippen molar-refractivity contribution >= 4 is 36.7 Å². The largest absolute Gasteiger partial charge is 0.505 e.